The van der Waals surface area contributed by atoms with Gasteiger partial charge in [0.15, 0.2) is 11.7 Å². The van der Waals surface area contributed by atoms with Crippen LogP contribution in [0.3, 0.4) is 0 Å². The van der Waals surface area contributed by atoms with Gasteiger partial charge in [-0.05, 0) is 100.0 Å². The number of aryl methyl sites for hydroxylation is 2. The van der Waals surface area contributed by atoms with Gasteiger partial charge in [-0.15, -0.1) is 0 Å². The van der Waals surface area contributed by atoms with Crippen molar-refractivity contribution in [3.05, 3.63) is 61.1 Å². The van der Waals surface area contributed by atoms with E-state index >= 15 is 0 Å². The van der Waals surface area contributed by atoms with Gasteiger partial charge in [0.05, 0.1) is 4.47 Å². The molecule has 0 radical (unpaired) electrons. The van der Waals surface area contributed by atoms with Gasteiger partial charge < -0.3 is 4.74 Å². The molecule has 6 nitrogen and oxygen atoms in total. The van der Waals surface area contributed by atoms with Crippen molar-refractivity contribution in [3.8, 4) is 5.75 Å². The molecule has 0 aliphatic heterocycles. The SMILES string of the molecule is Cc1ccc(OCC(=O)NNC(=S)NC(=O)c2ccc(C)c(I)c2)c(Br)c1. The summed E-state index contributed by atoms with van der Waals surface area (Å²) in [6.07, 6.45) is 0. The smallest absolute Gasteiger partial charge is 0.276 e. The quantitative estimate of drug-likeness (QED) is 0.303. The van der Waals surface area contributed by atoms with Crippen LogP contribution in [0.1, 0.15) is 21.5 Å². The molecule has 2 aromatic carbocycles. The summed E-state index contributed by atoms with van der Waals surface area (Å²) in [6, 6.07) is 10.9. The lowest BCUT2D eigenvalue weighted by Crippen LogP contribution is -2.49. The Kier molecular flexibility index (Phi) is 7.99. The Balaban J connectivity index is 1.78. The van der Waals surface area contributed by atoms with Crippen LogP contribution in [-0.2, 0) is 4.79 Å². The molecule has 2 rings (SSSR count). The van der Waals surface area contributed by atoms with E-state index in [1.54, 1.807) is 18.2 Å². The molecule has 27 heavy (non-hydrogen) atoms. The maximum atomic E-state index is 12.2. The summed E-state index contributed by atoms with van der Waals surface area (Å²) in [5.41, 5.74) is 7.49. The molecule has 3 N–H and O–H groups in total. The predicted octanol–water partition coefficient (Wildman–Crippen LogP) is 3.39. The molecule has 142 valence electrons. The van der Waals surface area contributed by atoms with Gasteiger partial charge >= 0.3 is 0 Å². The third-order valence-electron chi connectivity index (χ3n) is 3.42. The standard InChI is InChI=1S/C18H17BrIN3O3S/c1-10-3-6-15(13(19)7-10)26-9-16(24)22-23-18(27)21-17(25)12-5-4-11(2)14(20)8-12/h3-8H,9H2,1-2H3,(H,22,24)(H2,21,23,25,27). The number of rotatable bonds is 4. The molecule has 2 aromatic rings. The summed E-state index contributed by atoms with van der Waals surface area (Å²) in [6.45, 7) is 3.71. The summed E-state index contributed by atoms with van der Waals surface area (Å²) >= 11 is 10.5. The Hall–Kier alpha value is -1.72. The van der Waals surface area contributed by atoms with E-state index < -0.39 is 5.91 Å². The van der Waals surface area contributed by atoms with Gasteiger partial charge in [-0.3, -0.25) is 25.8 Å². The minimum absolute atomic E-state index is 0.0135. The first-order valence-electron chi connectivity index (χ1n) is 7.81. The molecule has 0 heterocycles. The van der Waals surface area contributed by atoms with Crippen LogP contribution >= 0.6 is 50.7 Å². The summed E-state index contributed by atoms with van der Waals surface area (Å²) in [4.78, 5) is 24.0. The van der Waals surface area contributed by atoms with Crippen molar-refractivity contribution in [2.75, 3.05) is 6.61 Å². The molecule has 0 saturated carbocycles. The lowest BCUT2D eigenvalue weighted by Gasteiger charge is -2.12. The van der Waals surface area contributed by atoms with Crippen LogP contribution in [0, 0.1) is 17.4 Å². The van der Waals surface area contributed by atoms with Crippen LogP contribution in [0.25, 0.3) is 0 Å². The minimum atomic E-state index is -0.441. The fourth-order valence-corrected chi connectivity index (χ4v) is 3.24. The van der Waals surface area contributed by atoms with E-state index in [9.17, 15) is 9.59 Å². The van der Waals surface area contributed by atoms with Gasteiger partial charge in [0, 0.05) is 9.13 Å². The zero-order chi connectivity index (χ0) is 20.0. The lowest BCUT2D eigenvalue weighted by atomic mass is 10.1. The molecule has 0 spiro atoms. The Morgan fingerprint density at radius 1 is 1.15 bits per heavy atom. The maximum Gasteiger partial charge on any atom is 0.276 e. The molecule has 0 bridgehead atoms. The number of hydrazine groups is 1. The van der Waals surface area contributed by atoms with E-state index in [0.29, 0.717) is 11.3 Å². The highest BCUT2D eigenvalue weighted by atomic mass is 127. The van der Waals surface area contributed by atoms with Gasteiger partial charge in [-0.25, -0.2) is 0 Å². The van der Waals surface area contributed by atoms with Gasteiger partial charge in [0.1, 0.15) is 5.75 Å². The molecule has 0 atom stereocenters. The Labute approximate surface area is 184 Å². The van der Waals surface area contributed by atoms with E-state index in [4.69, 9.17) is 17.0 Å². The Morgan fingerprint density at radius 3 is 2.56 bits per heavy atom. The Bertz CT molecular complexity index is 892. The van der Waals surface area contributed by atoms with Crippen LogP contribution in [0.15, 0.2) is 40.9 Å². The van der Waals surface area contributed by atoms with Crippen molar-refractivity contribution in [1.29, 1.82) is 0 Å². The number of nitrogens with one attached hydrogen (secondary N) is 3. The van der Waals surface area contributed by atoms with Crippen molar-refractivity contribution in [1.82, 2.24) is 16.2 Å². The molecule has 2 amide bonds. The first-order valence-corrected chi connectivity index (χ1v) is 10.1. The molecular weight excluding hydrogens is 545 g/mol. The van der Waals surface area contributed by atoms with Crippen molar-refractivity contribution >= 4 is 67.7 Å². The molecule has 0 fully saturated rings. The first kappa shape index (κ1) is 21.6. The van der Waals surface area contributed by atoms with E-state index in [0.717, 1.165) is 19.2 Å². The first-order chi connectivity index (χ1) is 12.8. The highest BCUT2D eigenvalue weighted by molar-refractivity contribution is 14.1. The van der Waals surface area contributed by atoms with Crippen LogP contribution in [0.5, 0.6) is 5.75 Å². The van der Waals surface area contributed by atoms with E-state index in [-0.39, 0.29) is 17.6 Å². The second kappa shape index (κ2) is 10.00. The van der Waals surface area contributed by atoms with E-state index in [1.807, 2.05) is 32.0 Å². The van der Waals surface area contributed by atoms with Crippen LogP contribution < -0.4 is 20.9 Å². The normalized spacial score (nSPS) is 10.1. The van der Waals surface area contributed by atoms with Crippen molar-refractivity contribution in [2.24, 2.45) is 0 Å². The van der Waals surface area contributed by atoms with E-state index in [2.05, 4.69) is 54.7 Å². The highest BCUT2D eigenvalue weighted by Crippen LogP contribution is 2.25. The third kappa shape index (κ3) is 6.74. The minimum Gasteiger partial charge on any atom is -0.483 e. The zero-order valence-electron chi connectivity index (χ0n) is 14.6. The number of halogens is 2. The summed E-state index contributed by atoms with van der Waals surface area (Å²) in [5.74, 6) is -0.246. The number of benzene rings is 2. The molecule has 0 saturated heterocycles. The van der Waals surface area contributed by atoms with Crippen molar-refractivity contribution in [3.63, 3.8) is 0 Å². The third-order valence-corrected chi connectivity index (χ3v) is 5.41. The molecule has 0 aliphatic rings. The maximum absolute atomic E-state index is 12.2. The largest absolute Gasteiger partial charge is 0.483 e. The monoisotopic (exact) mass is 561 g/mol. The van der Waals surface area contributed by atoms with Crippen molar-refractivity contribution in [2.45, 2.75) is 13.8 Å². The fourth-order valence-electron chi connectivity index (χ4n) is 1.97. The van der Waals surface area contributed by atoms with Gasteiger partial charge in [-0.2, -0.15) is 0 Å². The number of ether oxygens (including phenoxy) is 1. The van der Waals surface area contributed by atoms with Crippen LogP contribution in [-0.4, -0.2) is 23.5 Å². The number of thiocarbonyl (C=S) groups is 1. The van der Waals surface area contributed by atoms with Crippen LogP contribution in [0.2, 0.25) is 0 Å². The van der Waals surface area contributed by atoms with Crippen LogP contribution in [0.4, 0.5) is 0 Å². The summed E-state index contributed by atoms with van der Waals surface area (Å²) in [5, 5.41) is 2.49. The summed E-state index contributed by atoms with van der Waals surface area (Å²) < 4.78 is 7.17. The zero-order valence-corrected chi connectivity index (χ0v) is 19.1. The topological polar surface area (TPSA) is 79.5 Å². The number of amides is 2. The van der Waals surface area contributed by atoms with E-state index in [1.165, 1.54) is 0 Å². The number of carbonyl (C=O) groups excluding carboxylic acids is 2. The average Bonchev–Trinajstić information content (AvgIpc) is 2.61. The van der Waals surface area contributed by atoms with Gasteiger partial charge in [-0.1, -0.05) is 12.1 Å². The molecule has 0 aromatic heterocycles. The molecular formula is C18H17BrIN3O3S. The lowest BCUT2D eigenvalue weighted by molar-refractivity contribution is -0.123. The van der Waals surface area contributed by atoms with Gasteiger partial charge in [0.25, 0.3) is 11.8 Å². The van der Waals surface area contributed by atoms with Crippen molar-refractivity contribution < 1.29 is 14.3 Å². The second-order valence-corrected chi connectivity index (χ2v) is 8.07. The summed E-state index contributed by atoms with van der Waals surface area (Å²) in [7, 11) is 0. The number of hydrogen-bond acceptors (Lipinski definition) is 4. The fraction of sp³-hybridized carbons (Fsp3) is 0.167. The molecule has 0 unspecified atom stereocenters. The number of hydrogen-bond donors (Lipinski definition) is 3. The molecule has 9 heteroatoms. The average molecular weight is 562 g/mol. The highest BCUT2D eigenvalue weighted by Gasteiger charge is 2.10. The predicted molar refractivity (Wildman–Crippen MR) is 120 cm³/mol. The van der Waals surface area contributed by atoms with Gasteiger partial charge in [0.2, 0.25) is 0 Å². The second-order valence-electron chi connectivity index (χ2n) is 5.64. The number of carbonyl (C=O) groups is 2. The Morgan fingerprint density at radius 2 is 1.89 bits per heavy atom. The molecule has 0 aliphatic carbocycles.